The highest BCUT2D eigenvalue weighted by Crippen LogP contribution is 2.19. The third kappa shape index (κ3) is 5.59. The van der Waals surface area contributed by atoms with Crippen molar-refractivity contribution in [2.24, 2.45) is 0 Å². The van der Waals surface area contributed by atoms with Gasteiger partial charge in [0.15, 0.2) is 6.61 Å². The first-order valence-electron chi connectivity index (χ1n) is 8.64. The molecule has 3 aromatic carbocycles. The third-order valence-electron chi connectivity index (χ3n) is 3.86. The van der Waals surface area contributed by atoms with Crippen molar-refractivity contribution in [1.29, 1.82) is 0 Å². The van der Waals surface area contributed by atoms with E-state index >= 15 is 0 Å². The summed E-state index contributed by atoms with van der Waals surface area (Å²) in [5.41, 5.74) is 1.48. The highest BCUT2D eigenvalue weighted by atomic mass is 32.2. The van der Waals surface area contributed by atoms with E-state index in [-0.39, 0.29) is 17.4 Å². The molecule has 1 amide bonds. The molecule has 0 spiro atoms. The monoisotopic (exact) mass is 396 g/mol. The second-order valence-electron chi connectivity index (χ2n) is 5.99. The fraction of sp³-hybridized carbons (Fsp3) is 0.0952. The number of para-hydroxylation sites is 1. The van der Waals surface area contributed by atoms with Crippen LogP contribution in [0.25, 0.3) is 0 Å². The molecule has 28 heavy (non-hydrogen) atoms. The molecule has 0 atom stereocenters. The van der Waals surface area contributed by atoms with Crippen molar-refractivity contribution in [3.05, 3.63) is 90.5 Å². The van der Waals surface area contributed by atoms with Gasteiger partial charge in [-0.05, 0) is 42.0 Å². The predicted octanol–water partition coefficient (Wildman–Crippen LogP) is 3.18. The van der Waals surface area contributed by atoms with E-state index in [9.17, 15) is 13.2 Å². The average Bonchev–Trinajstić information content (AvgIpc) is 2.72. The average molecular weight is 396 g/mol. The Bertz CT molecular complexity index is 1010. The quantitative estimate of drug-likeness (QED) is 0.612. The first-order valence-corrected chi connectivity index (χ1v) is 10.1. The van der Waals surface area contributed by atoms with Crippen LogP contribution in [0.5, 0.6) is 5.75 Å². The Morgan fingerprint density at radius 3 is 2.07 bits per heavy atom. The third-order valence-corrected chi connectivity index (χ3v) is 5.26. The largest absolute Gasteiger partial charge is 0.484 e. The van der Waals surface area contributed by atoms with Crippen LogP contribution in [0.2, 0.25) is 0 Å². The standard InChI is InChI=1S/C21H20N2O4S/c24-21(22-15-17-7-3-1-4-8-17)16-27-19-11-13-20(14-12-19)28(25,26)23-18-9-5-2-6-10-18/h1-14,23H,15-16H2,(H,22,24). The SMILES string of the molecule is O=C(COc1ccc(S(=O)(=O)Nc2ccccc2)cc1)NCc1ccccc1. The summed E-state index contributed by atoms with van der Waals surface area (Å²) < 4.78 is 32.7. The Morgan fingerprint density at radius 1 is 0.821 bits per heavy atom. The van der Waals surface area contributed by atoms with E-state index in [0.29, 0.717) is 18.0 Å². The van der Waals surface area contributed by atoms with Gasteiger partial charge in [0.1, 0.15) is 5.75 Å². The molecule has 0 saturated carbocycles. The van der Waals surface area contributed by atoms with Crippen molar-refractivity contribution < 1.29 is 17.9 Å². The van der Waals surface area contributed by atoms with Crippen LogP contribution in [-0.4, -0.2) is 20.9 Å². The van der Waals surface area contributed by atoms with E-state index in [1.165, 1.54) is 24.3 Å². The summed E-state index contributed by atoms with van der Waals surface area (Å²) in [4.78, 5) is 12.0. The van der Waals surface area contributed by atoms with E-state index in [0.717, 1.165) is 5.56 Å². The maximum atomic E-state index is 12.4. The molecule has 0 radical (unpaired) electrons. The van der Waals surface area contributed by atoms with Crippen LogP contribution < -0.4 is 14.8 Å². The number of sulfonamides is 1. The highest BCUT2D eigenvalue weighted by molar-refractivity contribution is 7.92. The van der Waals surface area contributed by atoms with Gasteiger partial charge in [0, 0.05) is 12.2 Å². The Morgan fingerprint density at radius 2 is 1.43 bits per heavy atom. The zero-order valence-corrected chi connectivity index (χ0v) is 15.9. The number of hydrogen-bond acceptors (Lipinski definition) is 4. The maximum Gasteiger partial charge on any atom is 0.261 e. The van der Waals surface area contributed by atoms with Crippen LogP contribution in [0.1, 0.15) is 5.56 Å². The van der Waals surface area contributed by atoms with Crippen LogP contribution in [0.4, 0.5) is 5.69 Å². The van der Waals surface area contributed by atoms with E-state index in [1.54, 1.807) is 30.3 Å². The van der Waals surface area contributed by atoms with Crippen molar-refractivity contribution in [3.63, 3.8) is 0 Å². The smallest absolute Gasteiger partial charge is 0.261 e. The van der Waals surface area contributed by atoms with Gasteiger partial charge in [-0.3, -0.25) is 9.52 Å². The van der Waals surface area contributed by atoms with Crippen molar-refractivity contribution >= 4 is 21.6 Å². The lowest BCUT2D eigenvalue weighted by Crippen LogP contribution is -2.28. The molecule has 0 bridgehead atoms. The van der Waals surface area contributed by atoms with E-state index in [4.69, 9.17) is 4.74 Å². The normalized spacial score (nSPS) is 10.9. The lowest BCUT2D eigenvalue weighted by atomic mass is 10.2. The lowest BCUT2D eigenvalue weighted by Gasteiger charge is -2.10. The minimum atomic E-state index is -3.69. The number of hydrogen-bond donors (Lipinski definition) is 2. The highest BCUT2D eigenvalue weighted by Gasteiger charge is 2.14. The minimum Gasteiger partial charge on any atom is -0.484 e. The molecule has 0 aliphatic carbocycles. The van der Waals surface area contributed by atoms with E-state index < -0.39 is 10.0 Å². The van der Waals surface area contributed by atoms with Gasteiger partial charge in [0.25, 0.3) is 15.9 Å². The second kappa shape index (κ2) is 9.05. The molecule has 3 aromatic rings. The van der Waals surface area contributed by atoms with Gasteiger partial charge < -0.3 is 10.1 Å². The Kier molecular flexibility index (Phi) is 6.29. The summed E-state index contributed by atoms with van der Waals surface area (Å²) in [5, 5.41) is 2.76. The molecule has 0 heterocycles. The van der Waals surface area contributed by atoms with Gasteiger partial charge in [-0.2, -0.15) is 0 Å². The van der Waals surface area contributed by atoms with Crippen LogP contribution >= 0.6 is 0 Å². The fourth-order valence-electron chi connectivity index (χ4n) is 2.43. The fourth-order valence-corrected chi connectivity index (χ4v) is 3.49. The first kappa shape index (κ1) is 19.4. The number of nitrogens with one attached hydrogen (secondary N) is 2. The molecule has 0 fully saturated rings. The molecular formula is C21H20N2O4S. The number of anilines is 1. The number of carbonyl (C=O) groups is 1. The molecule has 2 N–H and O–H groups in total. The van der Waals surface area contributed by atoms with Gasteiger partial charge >= 0.3 is 0 Å². The molecule has 0 aromatic heterocycles. The molecule has 0 unspecified atom stereocenters. The van der Waals surface area contributed by atoms with E-state index in [2.05, 4.69) is 10.0 Å². The van der Waals surface area contributed by atoms with Crippen molar-refractivity contribution in [2.45, 2.75) is 11.4 Å². The molecule has 0 saturated heterocycles. The maximum absolute atomic E-state index is 12.4. The Hall–Kier alpha value is -3.32. The molecule has 6 nitrogen and oxygen atoms in total. The van der Waals surface area contributed by atoms with Crippen LogP contribution in [0, 0.1) is 0 Å². The van der Waals surface area contributed by atoms with Crippen molar-refractivity contribution in [3.8, 4) is 5.75 Å². The Balaban J connectivity index is 1.52. The number of ether oxygens (including phenoxy) is 1. The van der Waals surface area contributed by atoms with Gasteiger partial charge in [-0.1, -0.05) is 48.5 Å². The van der Waals surface area contributed by atoms with Gasteiger partial charge in [-0.25, -0.2) is 8.42 Å². The van der Waals surface area contributed by atoms with Gasteiger partial charge in [-0.15, -0.1) is 0 Å². The minimum absolute atomic E-state index is 0.109. The number of amides is 1. The molecular weight excluding hydrogens is 376 g/mol. The second-order valence-corrected chi connectivity index (χ2v) is 7.68. The predicted molar refractivity (Wildman–Crippen MR) is 107 cm³/mol. The summed E-state index contributed by atoms with van der Waals surface area (Å²) in [6, 6.07) is 24.1. The first-order chi connectivity index (χ1) is 13.5. The summed E-state index contributed by atoms with van der Waals surface area (Å²) >= 11 is 0. The zero-order valence-electron chi connectivity index (χ0n) is 15.0. The van der Waals surface area contributed by atoms with Crippen LogP contribution in [-0.2, 0) is 21.4 Å². The zero-order chi connectivity index (χ0) is 19.8. The summed E-state index contributed by atoms with van der Waals surface area (Å²) in [7, 11) is -3.69. The number of rotatable bonds is 8. The van der Waals surface area contributed by atoms with Crippen molar-refractivity contribution in [2.75, 3.05) is 11.3 Å². The Labute approximate surface area is 164 Å². The molecule has 0 aliphatic rings. The van der Waals surface area contributed by atoms with Gasteiger partial charge in [0.2, 0.25) is 0 Å². The number of carbonyl (C=O) groups excluding carboxylic acids is 1. The molecule has 144 valence electrons. The summed E-state index contributed by atoms with van der Waals surface area (Å²) in [5.74, 6) is 0.153. The van der Waals surface area contributed by atoms with Crippen LogP contribution in [0.15, 0.2) is 89.8 Å². The van der Waals surface area contributed by atoms with Crippen molar-refractivity contribution in [1.82, 2.24) is 5.32 Å². The summed E-state index contributed by atoms with van der Waals surface area (Å²) in [6.07, 6.45) is 0. The van der Waals surface area contributed by atoms with E-state index in [1.807, 2.05) is 30.3 Å². The summed E-state index contributed by atoms with van der Waals surface area (Å²) in [6.45, 7) is 0.270. The molecule has 3 rings (SSSR count). The van der Waals surface area contributed by atoms with Gasteiger partial charge in [0.05, 0.1) is 4.90 Å². The molecule has 7 heteroatoms. The number of benzene rings is 3. The van der Waals surface area contributed by atoms with Crippen LogP contribution in [0.3, 0.4) is 0 Å². The lowest BCUT2D eigenvalue weighted by molar-refractivity contribution is -0.123. The molecule has 0 aliphatic heterocycles. The topological polar surface area (TPSA) is 84.5 Å².